The second-order valence-electron chi connectivity index (χ2n) is 14.1. The molecule has 3 fully saturated rings. The Morgan fingerprint density at radius 2 is 1.06 bits per heavy atom. The van der Waals surface area contributed by atoms with Gasteiger partial charge in [0.15, 0.2) is 46.9 Å². The van der Waals surface area contributed by atoms with Gasteiger partial charge in [0.1, 0.15) is 90.7 Å². The van der Waals surface area contributed by atoms with Crippen molar-refractivity contribution < 1.29 is 70.9 Å². The summed E-state index contributed by atoms with van der Waals surface area (Å²) in [5, 5.41) is 32.3. The van der Waals surface area contributed by atoms with Crippen molar-refractivity contribution >= 4 is 66.6 Å². The van der Waals surface area contributed by atoms with Crippen LogP contribution in [-0.4, -0.2) is 152 Å². The fraction of sp³-hybridized carbons (Fsp3) is 0.500. The molecule has 9 rings (SSSR count). The molecule has 11 N–H and O–H groups in total. The number of aromatic nitrogens is 12. The second kappa shape index (κ2) is 16.3. The van der Waals surface area contributed by atoms with Crippen molar-refractivity contribution in [3.8, 4) is 0 Å². The van der Waals surface area contributed by atoms with Gasteiger partial charge in [-0.1, -0.05) is 0 Å². The maximum Gasteiger partial charge on any atom is 0.472 e. The molecule has 3 aliphatic rings. The maximum absolute atomic E-state index is 15.3. The van der Waals surface area contributed by atoms with Gasteiger partial charge in [-0.15, -0.1) is 0 Å². The number of nitrogen functional groups attached to an aromatic ring is 3. The fourth-order valence-corrected chi connectivity index (χ4v) is 9.17. The first kappa shape index (κ1) is 42.3. The quantitative estimate of drug-likeness (QED) is 0.0570. The largest absolute Gasteiger partial charge is 0.472 e. The van der Waals surface area contributed by atoms with Gasteiger partial charge >= 0.3 is 15.6 Å². The minimum absolute atomic E-state index is 0.00628. The van der Waals surface area contributed by atoms with Crippen LogP contribution in [0.1, 0.15) is 25.1 Å². The number of nitrogens with two attached hydrogens (primary N) is 3. The number of anilines is 3. The lowest BCUT2D eigenvalue weighted by Crippen LogP contribution is -2.36. The van der Waals surface area contributed by atoms with E-state index in [1.807, 2.05) is 0 Å². The van der Waals surface area contributed by atoms with Crippen LogP contribution in [0, 0.1) is 0 Å². The van der Waals surface area contributed by atoms with Crippen LogP contribution in [0.4, 0.5) is 21.8 Å². The molecule has 3 aliphatic heterocycles. The van der Waals surface area contributed by atoms with E-state index < -0.39 is 103 Å². The SMILES string of the molecule is Nc1ncnc2c1ncn2C1CC(F)C(COP(=O)(O)OC2C(O)C(COP(=O)(O)OC3C(O)C(CO)OC3n3cnc4c(N)ncnc43)OC2n2cnc3c(N)ncnc32)O1. The normalized spacial score (nSPS) is 31.0. The predicted molar refractivity (Wildman–Crippen MR) is 201 cm³/mol. The zero-order chi connectivity index (χ0) is 43.7. The molecule has 0 saturated carbocycles. The minimum atomic E-state index is -5.26. The van der Waals surface area contributed by atoms with Gasteiger partial charge in [0.05, 0.1) is 38.8 Å². The molecule has 62 heavy (non-hydrogen) atoms. The molecule has 0 bridgehead atoms. The average molecular weight is 912 g/mol. The van der Waals surface area contributed by atoms with E-state index >= 15 is 4.39 Å². The number of nitrogens with zero attached hydrogens (tertiary/aromatic N) is 12. The molecule has 0 spiro atoms. The lowest BCUT2D eigenvalue weighted by atomic mass is 10.1. The summed E-state index contributed by atoms with van der Waals surface area (Å²) in [6, 6.07) is 0. The van der Waals surface area contributed by atoms with E-state index in [1.165, 1.54) is 32.7 Å². The van der Waals surface area contributed by atoms with Crippen molar-refractivity contribution in [1.29, 1.82) is 0 Å². The molecule has 0 aliphatic carbocycles. The number of phosphoric acid groups is 2. The number of halogens is 1. The Morgan fingerprint density at radius 3 is 1.55 bits per heavy atom. The highest BCUT2D eigenvalue weighted by atomic mass is 31.2. The van der Waals surface area contributed by atoms with Crippen molar-refractivity contribution in [3.63, 3.8) is 0 Å². The van der Waals surface area contributed by atoms with Crippen LogP contribution in [-0.2, 0) is 41.4 Å². The number of phosphoric ester groups is 2. The molecule has 6 aromatic heterocycles. The molecule has 6 aromatic rings. The summed E-state index contributed by atoms with van der Waals surface area (Å²) < 4.78 is 84.8. The Balaban J connectivity index is 0.906. The highest BCUT2D eigenvalue weighted by Gasteiger charge is 2.53. The highest BCUT2D eigenvalue weighted by Crippen LogP contribution is 2.53. The minimum Gasteiger partial charge on any atom is -0.394 e. The molecule has 32 heteroatoms. The monoisotopic (exact) mass is 911 g/mol. The van der Waals surface area contributed by atoms with Crippen LogP contribution in [0.2, 0.25) is 0 Å². The Morgan fingerprint density at radius 1 is 0.645 bits per heavy atom. The molecular formula is C30H36FN15O14P2. The van der Waals surface area contributed by atoms with Gasteiger partial charge in [-0.2, -0.15) is 0 Å². The zero-order valence-electron chi connectivity index (χ0n) is 31.4. The van der Waals surface area contributed by atoms with E-state index in [0.717, 1.165) is 19.0 Å². The summed E-state index contributed by atoms with van der Waals surface area (Å²) in [4.78, 5) is 58.2. The van der Waals surface area contributed by atoms with Gasteiger partial charge < -0.3 is 56.5 Å². The molecule has 9 heterocycles. The van der Waals surface area contributed by atoms with Crippen molar-refractivity contribution in [2.45, 2.75) is 74.0 Å². The van der Waals surface area contributed by atoms with Crippen LogP contribution in [0.3, 0.4) is 0 Å². The highest BCUT2D eigenvalue weighted by molar-refractivity contribution is 7.47. The Hall–Kier alpha value is -5.04. The van der Waals surface area contributed by atoms with Crippen molar-refractivity contribution in [2.75, 3.05) is 37.0 Å². The van der Waals surface area contributed by atoms with E-state index in [2.05, 4.69) is 44.9 Å². The fourth-order valence-electron chi connectivity index (χ4n) is 7.31. The second-order valence-corrected chi connectivity index (χ2v) is 16.9. The Labute approximate surface area is 344 Å². The molecule has 3 saturated heterocycles. The van der Waals surface area contributed by atoms with Crippen molar-refractivity contribution in [2.24, 2.45) is 0 Å². The molecular weight excluding hydrogens is 875 g/mol. The summed E-state index contributed by atoms with van der Waals surface area (Å²) >= 11 is 0. The molecule has 29 nitrogen and oxygen atoms in total. The first-order valence-electron chi connectivity index (χ1n) is 18.3. The lowest BCUT2D eigenvalue weighted by molar-refractivity contribution is -0.0627. The molecule has 0 radical (unpaired) electrons. The number of hydrogen-bond donors (Lipinski definition) is 8. The van der Waals surface area contributed by atoms with Crippen LogP contribution >= 0.6 is 15.6 Å². The number of aliphatic hydroxyl groups is 3. The van der Waals surface area contributed by atoms with Gasteiger partial charge in [-0.3, -0.25) is 31.8 Å². The van der Waals surface area contributed by atoms with Crippen molar-refractivity contribution in [3.05, 3.63) is 38.0 Å². The van der Waals surface area contributed by atoms with E-state index in [9.17, 15) is 34.2 Å². The van der Waals surface area contributed by atoms with E-state index in [1.54, 1.807) is 0 Å². The number of hydrogen-bond acceptors (Lipinski definition) is 24. The van der Waals surface area contributed by atoms with Crippen LogP contribution < -0.4 is 17.2 Å². The Kier molecular flexibility index (Phi) is 11.1. The molecule has 0 aromatic carbocycles. The van der Waals surface area contributed by atoms with Gasteiger partial charge in [0.25, 0.3) is 0 Å². The van der Waals surface area contributed by atoms with E-state index in [4.69, 9.17) is 49.5 Å². The Bertz CT molecular complexity index is 2710. The van der Waals surface area contributed by atoms with Gasteiger partial charge in [0.2, 0.25) is 0 Å². The summed E-state index contributed by atoms with van der Waals surface area (Å²) in [5.74, 6) is 0.0540. The number of fused-ring (bicyclic) bond motifs is 3. The topological polar surface area (TPSA) is 409 Å². The molecule has 13 atom stereocenters. The molecule has 13 unspecified atom stereocenters. The third kappa shape index (κ3) is 7.72. The van der Waals surface area contributed by atoms with E-state index in [0.29, 0.717) is 0 Å². The van der Waals surface area contributed by atoms with Gasteiger partial charge in [-0.05, 0) is 0 Å². The molecule has 332 valence electrons. The van der Waals surface area contributed by atoms with Crippen LogP contribution in [0.25, 0.3) is 33.5 Å². The first-order chi connectivity index (χ1) is 29.6. The first-order valence-corrected chi connectivity index (χ1v) is 21.3. The maximum atomic E-state index is 15.3. The zero-order valence-corrected chi connectivity index (χ0v) is 33.2. The smallest absolute Gasteiger partial charge is 0.394 e. The third-order valence-corrected chi connectivity index (χ3v) is 12.3. The molecule has 0 amide bonds. The van der Waals surface area contributed by atoms with Gasteiger partial charge in [-0.25, -0.2) is 58.4 Å². The number of alkyl halides is 1. The number of ether oxygens (including phenoxy) is 3. The lowest BCUT2D eigenvalue weighted by Gasteiger charge is -2.25. The van der Waals surface area contributed by atoms with Gasteiger partial charge in [0, 0.05) is 6.42 Å². The number of aliphatic hydroxyl groups excluding tert-OH is 3. The van der Waals surface area contributed by atoms with Crippen LogP contribution in [0.5, 0.6) is 0 Å². The summed E-state index contributed by atoms with van der Waals surface area (Å²) in [6.07, 6.45) is -10.2. The number of imidazole rings is 3. The van der Waals surface area contributed by atoms with E-state index in [-0.39, 0.29) is 57.4 Å². The summed E-state index contributed by atoms with van der Waals surface area (Å²) in [5.41, 5.74) is 18.6. The standard InChI is InChI=1S/C30H36FN15O14P2/c31-11-1-15(44-8-41-16-23(32)35-5-38-26(16)44)56-13(11)3-54-61(50,51)60-22-20(49)14(58-30(22)46-10-43-18-25(34)37-7-40-28(18)46)4-55-62(52,53)59-21-19(48)12(2-47)57-29(21)45-9-42-17-24(33)36-6-39-27(17)45/h5-15,19-22,29-30,47-49H,1-4H2,(H,50,51)(H,52,53)(H2,32,35,38)(H2,33,36,39)(H2,34,37,40). The number of rotatable bonds is 14. The predicted octanol–water partition coefficient (Wildman–Crippen LogP) is -1.61. The van der Waals surface area contributed by atoms with Crippen LogP contribution in [0.15, 0.2) is 38.0 Å². The summed E-state index contributed by atoms with van der Waals surface area (Å²) in [7, 11) is -10.5. The van der Waals surface area contributed by atoms with Crippen molar-refractivity contribution in [1.82, 2.24) is 58.6 Å². The third-order valence-electron chi connectivity index (χ3n) is 10.3. The average Bonchev–Trinajstić information content (AvgIpc) is 4.10. The summed E-state index contributed by atoms with van der Waals surface area (Å²) in [6.45, 7) is -2.47.